The van der Waals surface area contributed by atoms with Crippen molar-refractivity contribution in [3.05, 3.63) is 40.2 Å². The first kappa shape index (κ1) is 19.9. The van der Waals surface area contributed by atoms with E-state index in [1.54, 1.807) is 19.9 Å². The number of aliphatic hydroxyl groups excluding tert-OH is 1. The lowest BCUT2D eigenvalue weighted by Gasteiger charge is -2.38. The van der Waals surface area contributed by atoms with Crippen LogP contribution >= 0.6 is 0 Å². The summed E-state index contributed by atoms with van der Waals surface area (Å²) in [6.45, 7) is 3.50. The van der Waals surface area contributed by atoms with Gasteiger partial charge in [-0.3, -0.25) is 4.79 Å². The van der Waals surface area contributed by atoms with Gasteiger partial charge in [0, 0.05) is 29.7 Å². The van der Waals surface area contributed by atoms with E-state index in [2.05, 4.69) is 0 Å². The second-order valence-corrected chi connectivity index (χ2v) is 7.71. The molecule has 30 heavy (non-hydrogen) atoms. The van der Waals surface area contributed by atoms with Crippen molar-refractivity contribution in [1.29, 1.82) is 0 Å². The molecule has 3 aromatic rings. The van der Waals surface area contributed by atoms with Gasteiger partial charge in [-0.25, -0.2) is 0 Å². The third kappa shape index (κ3) is 2.91. The van der Waals surface area contributed by atoms with Crippen molar-refractivity contribution in [2.75, 3.05) is 14.2 Å². The van der Waals surface area contributed by atoms with Gasteiger partial charge >= 0.3 is 0 Å². The third-order valence-corrected chi connectivity index (χ3v) is 5.41. The lowest BCUT2D eigenvalue weighted by atomic mass is 9.88. The zero-order valence-electron chi connectivity index (χ0n) is 17.0. The summed E-state index contributed by atoms with van der Waals surface area (Å²) in [6.07, 6.45) is 0.666. The van der Waals surface area contributed by atoms with Crippen LogP contribution < -0.4 is 19.6 Å². The van der Waals surface area contributed by atoms with Crippen molar-refractivity contribution in [3.63, 3.8) is 0 Å². The van der Waals surface area contributed by atoms with Crippen molar-refractivity contribution >= 4 is 11.0 Å². The van der Waals surface area contributed by atoms with Crippen molar-refractivity contribution in [2.24, 2.45) is 0 Å². The number of hydrogen-bond acceptors (Lipinski definition) is 8. The van der Waals surface area contributed by atoms with Gasteiger partial charge < -0.3 is 33.9 Å². The largest absolute Gasteiger partial charge is 0.508 e. The molecule has 0 saturated carbocycles. The Hall–Kier alpha value is -3.39. The van der Waals surface area contributed by atoms with Crippen LogP contribution in [0.25, 0.3) is 22.1 Å². The molecule has 1 aliphatic heterocycles. The normalized spacial score (nSPS) is 17.3. The molecule has 1 atom stereocenters. The Labute approximate surface area is 171 Å². The van der Waals surface area contributed by atoms with Gasteiger partial charge in [-0.15, -0.1) is 0 Å². The average molecular weight is 414 g/mol. The van der Waals surface area contributed by atoms with E-state index in [1.807, 2.05) is 0 Å². The monoisotopic (exact) mass is 414 g/mol. The number of hydrogen-bond donors (Lipinski definition) is 3. The van der Waals surface area contributed by atoms with Crippen LogP contribution in [0.2, 0.25) is 0 Å². The van der Waals surface area contributed by atoms with E-state index in [1.165, 1.54) is 26.5 Å². The number of phenols is 2. The quantitative estimate of drug-likeness (QED) is 0.599. The van der Waals surface area contributed by atoms with E-state index in [-0.39, 0.29) is 28.7 Å². The minimum absolute atomic E-state index is 0.0484. The maximum Gasteiger partial charge on any atom is 0.204 e. The molecule has 1 aliphatic rings. The molecule has 0 aliphatic carbocycles. The predicted molar refractivity (Wildman–Crippen MR) is 109 cm³/mol. The SMILES string of the molecule is COc1cc(-c2coc3cc(O)cc(O)c3c2=O)c2c(c1OC)C[C@@H](O)C(C)(C)O2. The number of rotatable bonds is 3. The smallest absolute Gasteiger partial charge is 0.204 e. The summed E-state index contributed by atoms with van der Waals surface area (Å²) >= 11 is 0. The minimum Gasteiger partial charge on any atom is -0.508 e. The number of methoxy groups -OCH3 is 2. The Morgan fingerprint density at radius 3 is 2.50 bits per heavy atom. The second-order valence-electron chi connectivity index (χ2n) is 7.71. The topological polar surface area (TPSA) is 119 Å². The fourth-order valence-corrected chi connectivity index (χ4v) is 3.73. The van der Waals surface area contributed by atoms with Crippen molar-refractivity contribution in [1.82, 2.24) is 0 Å². The van der Waals surface area contributed by atoms with Crippen LogP contribution in [0.3, 0.4) is 0 Å². The highest BCUT2D eigenvalue weighted by molar-refractivity contribution is 5.89. The molecule has 2 heterocycles. The lowest BCUT2D eigenvalue weighted by Crippen LogP contribution is -2.46. The number of benzene rings is 2. The zero-order valence-corrected chi connectivity index (χ0v) is 17.0. The molecule has 158 valence electrons. The molecule has 0 fully saturated rings. The molecule has 0 saturated heterocycles. The molecule has 0 unspecified atom stereocenters. The summed E-state index contributed by atoms with van der Waals surface area (Å²) < 4.78 is 22.6. The van der Waals surface area contributed by atoms with E-state index in [0.29, 0.717) is 28.4 Å². The number of aliphatic hydroxyl groups is 1. The van der Waals surface area contributed by atoms with Crippen LogP contribution in [-0.2, 0) is 6.42 Å². The number of ether oxygens (including phenoxy) is 3. The first-order valence-corrected chi connectivity index (χ1v) is 9.30. The standard InChI is InChI=1S/C22H22O8/c1-22(2)17(25)8-12-20(30-22)11(7-16(27-3)21(12)28-4)13-9-29-15-6-10(23)5-14(24)18(15)19(13)26/h5-7,9,17,23-25H,8H2,1-4H3/t17-/m1/s1. The molecule has 4 rings (SSSR count). The molecular formula is C22H22O8. The summed E-state index contributed by atoms with van der Waals surface area (Å²) in [5.74, 6) is 0.512. The number of phenolic OH excluding ortho intramolecular Hbond substituents is 2. The van der Waals surface area contributed by atoms with Gasteiger partial charge in [-0.05, 0) is 19.9 Å². The minimum atomic E-state index is -0.910. The molecule has 0 radical (unpaired) electrons. The van der Waals surface area contributed by atoms with Crippen LogP contribution in [0.15, 0.2) is 33.7 Å². The van der Waals surface area contributed by atoms with E-state index in [9.17, 15) is 20.1 Å². The van der Waals surface area contributed by atoms with Crippen LogP contribution in [0.4, 0.5) is 0 Å². The summed E-state index contributed by atoms with van der Waals surface area (Å²) in [4.78, 5) is 13.2. The molecule has 1 aromatic heterocycles. The highest BCUT2D eigenvalue weighted by atomic mass is 16.5. The van der Waals surface area contributed by atoms with Crippen LogP contribution in [0.5, 0.6) is 28.7 Å². The van der Waals surface area contributed by atoms with Crippen LogP contribution in [-0.4, -0.2) is 41.2 Å². The Bertz CT molecular complexity index is 1210. The molecule has 2 aromatic carbocycles. The third-order valence-electron chi connectivity index (χ3n) is 5.41. The molecule has 0 spiro atoms. The predicted octanol–water partition coefficient (Wildman–Crippen LogP) is 2.96. The average Bonchev–Trinajstić information content (AvgIpc) is 2.67. The second kappa shape index (κ2) is 6.84. The van der Waals surface area contributed by atoms with E-state index < -0.39 is 22.9 Å². The molecule has 0 amide bonds. The Morgan fingerprint density at radius 2 is 1.83 bits per heavy atom. The fraction of sp³-hybridized carbons (Fsp3) is 0.318. The molecule has 0 bridgehead atoms. The highest BCUT2D eigenvalue weighted by Gasteiger charge is 2.40. The zero-order chi connectivity index (χ0) is 21.8. The molecular weight excluding hydrogens is 392 g/mol. The van der Waals surface area contributed by atoms with Gasteiger partial charge in [0.05, 0.1) is 25.9 Å². The van der Waals surface area contributed by atoms with Gasteiger partial charge in [-0.1, -0.05) is 0 Å². The summed E-state index contributed by atoms with van der Waals surface area (Å²) in [7, 11) is 2.95. The van der Waals surface area contributed by atoms with Gasteiger partial charge in [-0.2, -0.15) is 0 Å². The van der Waals surface area contributed by atoms with Gasteiger partial charge in [0.15, 0.2) is 11.5 Å². The fourth-order valence-electron chi connectivity index (χ4n) is 3.73. The van der Waals surface area contributed by atoms with Crippen molar-refractivity contribution in [2.45, 2.75) is 32.0 Å². The van der Waals surface area contributed by atoms with E-state index >= 15 is 0 Å². The van der Waals surface area contributed by atoms with Crippen LogP contribution in [0, 0.1) is 0 Å². The molecule has 8 heteroatoms. The molecule has 3 N–H and O–H groups in total. The maximum absolute atomic E-state index is 13.2. The molecule has 8 nitrogen and oxygen atoms in total. The Balaban J connectivity index is 2.06. The van der Waals surface area contributed by atoms with E-state index in [4.69, 9.17) is 18.6 Å². The number of fused-ring (bicyclic) bond motifs is 2. The van der Waals surface area contributed by atoms with E-state index in [0.717, 1.165) is 6.07 Å². The van der Waals surface area contributed by atoms with Gasteiger partial charge in [0.1, 0.15) is 40.1 Å². The maximum atomic E-state index is 13.2. The van der Waals surface area contributed by atoms with Crippen molar-refractivity contribution < 1.29 is 33.9 Å². The lowest BCUT2D eigenvalue weighted by molar-refractivity contribution is -0.0413. The van der Waals surface area contributed by atoms with Gasteiger partial charge in [0.25, 0.3) is 0 Å². The summed E-state index contributed by atoms with van der Waals surface area (Å²) in [6, 6.07) is 3.92. The first-order valence-electron chi connectivity index (χ1n) is 9.30. The summed E-state index contributed by atoms with van der Waals surface area (Å²) in [5, 5.41) is 30.3. The number of aromatic hydroxyl groups is 2. The highest BCUT2D eigenvalue weighted by Crippen LogP contribution is 2.49. The van der Waals surface area contributed by atoms with Gasteiger partial charge in [0.2, 0.25) is 5.43 Å². The Morgan fingerprint density at radius 1 is 1.10 bits per heavy atom. The van der Waals surface area contributed by atoms with Crippen LogP contribution in [0.1, 0.15) is 19.4 Å². The Kier molecular flexibility index (Phi) is 4.54. The first-order chi connectivity index (χ1) is 14.2. The van der Waals surface area contributed by atoms with Crippen molar-refractivity contribution in [3.8, 4) is 39.9 Å². The summed E-state index contributed by atoms with van der Waals surface area (Å²) in [5.41, 5.74) is -0.290.